The highest BCUT2D eigenvalue weighted by Gasteiger charge is 2.13. The van der Waals surface area contributed by atoms with E-state index in [1.807, 2.05) is 12.1 Å². The molecule has 0 aliphatic carbocycles. The van der Waals surface area contributed by atoms with Crippen LogP contribution in [0.1, 0.15) is 12.0 Å². The molecule has 2 rings (SSSR count). The van der Waals surface area contributed by atoms with E-state index in [2.05, 4.69) is 11.4 Å². The van der Waals surface area contributed by atoms with Crippen molar-refractivity contribution in [1.82, 2.24) is 5.32 Å². The molecule has 1 aliphatic heterocycles. The Morgan fingerprint density at radius 3 is 3.06 bits per heavy atom. The molecular formula is C13H19NO3. The number of para-hydroxylation sites is 1. The zero-order valence-electron chi connectivity index (χ0n) is 10.2. The summed E-state index contributed by atoms with van der Waals surface area (Å²) in [6, 6.07) is 6.02. The Balaban J connectivity index is 2.01. The Labute approximate surface area is 102 Å². The van der Waals surface area contributed by atoms with Gasteiger partial charge in [0, 0.05) is 32.2 Å². The zero-order chi connectivity index (χ0) is 11.9. The van der Waals surface area contributed by atoms with Crippen LogP contribution in [0.5, 0.6) is 11.5 Å². The van der Waals surface area contributed by atoms with Crippen molar-refractivity contribution in [2.24, 2.45) is 0 Å². The normalized spacial score (nSPS) is 14.4. The molecule has 94 valence electrons. The van der Waals surface area contributed by atoms with Crippen LogP contribution in [0.25, 0.3) is 0 Å². The summed E-state index contributed by atoms with van der Waals surface area (Å²) in [5.41, 5.74) is 1.14. The summed E-state index contributed by atoms with van der Waals surface area (Å²) in [6.07, 6.45) is 0.936. The minimum absolute atomic E-state index is 0.715. The highest BCUT2D eigenvalue weighted by Crippen LogP contribution is 2.32. The van der Waals surface area contributed by atoms with Gasteiger partial charge in [0.05, 0.1) is 19.8 Å². The number of hydrogen-bond acceptors (Lipinski definition) is 4. The average molecular weight is 237 g/mol. The quantitative estimate of drug-likeness (QED) is 0.789. The van der Waals surface area contributed by atoms with Crippen molar-refractivity contribution in [3.05, 3.63) is 23.8 Å². The Morgan fingerprint density at radius 1 is 1.29 bits per heavy atom. The van der Waals surface area contributed by atoms with Crippen molar-refractivity contribution in [1.29, 1.82) is 0 Å². The van der Waals surface area contributed by atoms with Crippen LogP contribution in [0, 0.1) is 0 Å². The molecule has 0 fully saturated rings. The van der Waals surface area contributed by atoms with Gasteiger partial charge in [0.1, 0.15) is 0 Å². The van der Waals surface area contributed by atoms with Crippen molar-refractivity contribution in [2.45, 2.75) is 13.0 Å². The Bertz CT molecular complexity index is 355. The summed E-state index contributed by atoms with van der Waals surface area (Å²) in [5.74, 6) is 1.74. The predicted molar refractivity (Wildman–Crippen MR) is 65.6 cm³/mol. The van der Waals surface area contributed by atoms with Gasteiger partial charge in [0.15, 0.2) is 11.5 Å². The Hall–Kier alpha value is -1.26. The second-order valence-corrected chi connectivity index (χ2v) is 3.96. The number of fused-ring (bicyclic) bond motifs is 1. The van der Waals surface area contributed by atoms with Crippen molar-refractivity contribution in [3.63, 3.8) is 0 Å². The molecule has 0 saturated heterocycles. The average Bonchev–Trinajstić information content (AvgIpc) is 2.60. The Morgan fingerprint density at radius 2 is 2.18 bits per heavy atom. The molecule has 1 aromatic carbocycles. The van der Waals surface area contributed by atoms with Crippen LogP contribution in [0.3, 0.4) is 0 Å². The van der Waals surface area contributed by atoms with E-state index in [1.54, 1.807) is 7.11 Å². The van der Waals surface area contributed by atoms with Crippen LogP contribution in [-0.2, 0) is 11.3 Å². The predicted octanol–water partition coefficient (Wildman–Crippen LogP) is 1.58. The van der Waals surface area contributed by atoms with Crippen LogP contribution >= 0.6 is 0 Å². The van der Waals surface area contributed by atoms with Gasteiger partial charge in [-0.1, -0.05) is 12.1 Å². The topological polar surface area (TPSA) is 39.7 Å². The monoisotopic (exact) mass is 237 g/mol. The van der Waals surface area contributed by atoms with Gasteiger partial charge >= 0.3 is 0 Å². The fraction of sp³-hybridized carbons (Fsp3) is 0.538. The van der Waals surface area contributed by atoms with Crippen LogP contribution in [0.4, 0.5) is 0 Å². The number of benzene rings is 1. The minimum atomic E-state index is 0.715. The SMILES string of the molecule is COCCNCc1cccc2c1OCCCO2. The lowest BCUT2D eigenvalue weighted by Crippen LogP contribution is -2.19. The fourth-order valence-electron chi connectivity index (χ4n) is 1.79. The maximum Gasteiger partial charge on any atom is 0.165 e. The number of nitrogens with one attached hydrogen (secondary N) is 1. The molecular weight excluding hydrogens is 218 g/mol. The third kappa shape index (κ3) is 3.35. The third-order valence-electron chi connectivity index (χ3n) is 2.65. The second-order valence-electron chi connectivity index (χ2n) is 3.96. The first-order valence-corrected chi connectivity index (χ1v) is 5.99. The van der Waals surface area contributed by atoms with E-state index in [4.69, 9.17) is 14.2 Å². The lowest BCUT2D eigenvalue weighted by molar-refractivity contribution is 0.199. The van der Waals surface area contributed by atoms with Crippen molar-refractivity contribution >= 4 is 0 Å². The lowest BCUT2D eigenvalue weighted by atomic mass is 10.2. The van der Waals surface area contributed by atoms with Gasteiger partial charge in [-0.2, -0.15) is 0 Å². The van der Waals surface area contributed by atoms with E-state index in [-0.39, 0.29) is 0 Å². The van der Waals surface area contributed by atoms with Crippen molar-refractivity contribution in [3.8, 4) is 11.5 Å². The van der Waals surface area contributed by atoms with Crippen molar-refractivity contribution in [2.75, 3.05) is 33.5 Å². The van der Waals surface area contributed by atoms with Gasteiger partial charge in [-0.3, -0.25) is 0 Å². The smallest absolute Gasteiger partial charge is 0.165 e. The molecule has 1 aromatic rings. The van der Waals surface area contributed by atoms with E-state index >= 15 is 0 Å². The summed E-state index contributed by atoms with van der Waals surface area (Å²) in [7, 11) is 1.70. The summed E-state index contributed by atoms with van der Waals surface area (Å²) in [4.78, 5) is 0. The third-order valence-corrected chi connectivity index (χ3v) is 2.65. The molecule has 0 atom stereocenters. The van der Waals surface area contributed by atoms with E-state index in [1.165, 1.54) is 0 Å². The van der Waals surface area contributed by atoms with Gasteiger partial charge in [0.25, 0.3) is 0 Å². The molecule has 0 radical (unpaired) electrons. The van der Waals surface area contributed by atoms with Crippen LogP contribution in [0.15, 0.2) is 18.2 Å². The van der Waals surface area contributed by atoms with Crippen LogP contribution in [0.2, 0.25) is 0 Å². The number of hydrogen-bond donors (Lipinski definition) is 1. The van der Waals surface area contributed by atoms with E-state index in [0.29, 0.717) is 6.61 Å². The fourth-order valence-corrected chi connectivity index (χ4v) is 1.79. The molecule has 0 amide bonds. The minimum Gasteiger partial charge on any atom is -0.490 e. The molecule has 4 heteroatoms. The molecule has 0 bridgehead atoms. The maximum atomic E-state index is 5.74. The Kier molecular flexibility index (Phi) is 4.64. The van der Waals surface area contributed by atoms with Gasteiger partial charge in [-0.15, -0.1) is 0 Å². The molecule has 1 aliphatic rings. The highest BCUT2D eigenvalue weighted by molar-refractivity contribution is 5.46. The maximum absolute atomic E-state index is 5.74. The largest absolute Gasteiger partial charge is 0.490 e. The standard InChI is InChI=1S/C13H19NO3/c1-15-9-6-14-10-11-4-2-5-12-13(11)17-8-3-7-16-12/h2,4-5,14H,3,6-10H2,1H3. The van der Waals surface area contributed by atoms with E-state index in [9.17, 15) is 0 Å². The first-order valence-electron chi connectivity index (χ1n) is 5.99. The molecule has 1 heterocycles. The lowest BCUT2D eigenvalue weighted by Gasteiger charge is -2.12. The number of ether oxygens (including phenoxy) is 3. The van der Waals surface area contributed by atoms with Gasteiger partial charge in [-0.05, 0) is 6.07 Å². The molecule has 4 nitrogen and oxygen atoms in total. The summed E-state index contributed by atoms with van der Waals surface area (Å²) >= 11 is 0. The summed E-state index contributed by atoms with van der Waals surface area (Å²) in [5, 5.41) is 3.31. The molecule has 17 heavy (non-hydrogen) atoms. The second kappa shape index (κ2) is 6.47. The van der Waals surface area contributed by atoms with Crippen LogP contribution < -0.4 is 14.8 Å². The van der Waals surface area contributed by atoms with E-state index < -0.39 is 0 Å². The van der Waals surface area contributed by atoms with Gasteiger partial charge < -0.3 is 19.5 Å². The highest BCUT2D eigenvalue weighted by atomic mass is 16.5. The number of methoxy groups -OCH3 is 1. The summed E-state index contributed by atoms with van der Waals surface area (Å²) in [6.45, 7) is 3.78. The van der Waals surface area contributed by atoms with Gasteiger partial charge in [0.2, 0.25) is 0 Å². The van der Waals surface area contributed by atoms with Gasteiger partial charge in [-0.25, -0.2) is 0 Å². The number of rotatable bonds is 5. The molecule has 0 unspecified atom stereocenters. The first-order chi connectivity index (χ1) is 8.42. The molecule has 0 aromatic heterocycles. The van der Waals surface area contributed by atoms with Crippen LogP contribution in [-0.4, -0.2) is 33.5 Å². The van der Waals surface area contributed by atoms with Crippen molar-refractivity contribution < 1.29 is 14.2 Å². The van der Waals surface area contributed by atoms with E-state index in [0.717, 1.165) is 49.8 Å². The first kappa shape index (κ1) is 12.2. The molecule has 0 saturated carbocycles. The zero-order valence-corrected chi connectivity index (χ0v) is 10.2. The molecule has 1 N–H and O–H groups in total. The summed E-state index contributed by atoms with van der Waals surface area (Å²) < 4.78 is 16.4. The molecule has 0 spiro atoms.